The van der Waals surface area contributed by atoms with Gasteiger partial charge in [0, 0.05) is 30.7 Å². The molecule has 0 aromatic heterocycles. The topological polar surface area (TPSA) is 91.4 Å². The molecule has 10 heteroatoms. The third-order valence-electron chi connectivity index (χ3n) is 6.22. The quantitative estimate of drug-likeness (QED) is 0.537. The number of nitrogens with zero attached hydrogens (tertiary/aromatic N) is 1. The normalized spacial score (nSPS) is 24.1. The Balaban J connectivity index is 1.66. The van der Waals surface area contributed by atoms with E-state index < -0.39 is 17.2 Å². The third kappa shape index (κ3) is 9.29. The van der Waals surface area contributed by atoms with Crippen molar-refractivity contribution in [2.75, 3.05) is 65.1 Å². The van der Waals surface area contributed by atoms with Crippen molar-refractivity contribution >= 4 is 22.5 Å². The van der Waals surface area contributed by atoms with E-state index >= 15 is 0 Å². The van der Waals surface area contributed by atoms with Gasteiger partial charge in [-0.15, -0.1) is 0 Å². The van der Waals surface area contributed by atoms with E-state index in [0.29, 0.717) is 38.8 Å². The minimum absolute atomic E-state index is 0.200. The number of sulfonamides is 1. The second-order valence-electron chi connectivity index (χ2n) is 9.39. The fraction of sp³-hybridized carbons (Fsp3) is 0.556. The first-order valence-electron chi connectivity index (χ1n) is 12.8. The molecular formula is C27H40NO7PS. The van der Waals surface area contributed by atoms with Crippen LogP contribution in [-0.2, 0) is 33.5 Å². The second kappa shape index (κ2) is 14.5. The van der Waals surface area contributed by atoms with Crippen LogP contribution >= 0.6 is 7.14 Å². The molecular weight excluding hydrogens is 513 g/mol. The smallest absolute Gasteiger partial charge is 0.243 e. The van der Waals surface area contributed by atoms with Gasteiger partial charge in [-0.1, -0.05) is 48.0 Å². The number of ether oxygens (including phenoxy) is 4. The molecule has 0 spiro atoms. The van der Waals surface area contributed by atoms with Crippen molar-refractivity contribution in [2.45, 2.75) is 37.9 Å². The van der Waals surface area contributed by atoms with Crippen LogP contribution in [0.1, 0.15) is 19.4 Å². The zero-order valence-corrected chi connectivity index (χ0v) is 23.8. The molecule has 1 aliphatic rings. The molecule has 0 unspecified atom stereocenters. The summed E-state index contributed by atoms with van der Waals surface area (Å²) in [7, 11) is -6.44. The Kier molecular flexibility index (Phi) is 11.8. The summed E-state index contributed by atoms with van der Waals surface area (Å²) in [6.45, 7) is 7.90. The molecule has 0 radical (unpaired) electrons. The second-order valence-corrected chi connectivity index (χ2v) is 14.4. The molecule has 0 aliphatic carbocycles. The van der Waals surface area contributed by atoms with E-state index in [-0.39, 0.29) is 43.4 Å². The van der Waals surface area contributed by atoms with Gasteiger partial charge < -0.3 is 23.5 Å². The predicted octanol–water partition coefficient (Wildman–Crippen LogP) is 3.53. The largest absolute Gasteiger partial charge is 0.378 e. The van der Waals surface area contributed by atoms with Gasteiger partial charge in [-0.25, -0.2) is 8.42 Å². The van der Waals surface area contributed by atoms with Crippen LogP contribution in [0, 0.1) is 6.92 Å². The van der Waals surface area contributed by atoms with Gasteiger partial charge in [-0.2, -0.15) is 4.31 Å². The fourth-order valence-corrected chi connectivity index (χ4v) is 8.85. The molecule has 8 nitrogen and oxygen atoms in total. The standard InChI is InChI=1S/C27H40NO7PS/c1-23-9-11-27(12-10-23)37(30,31)28-13-15-32-17-19-34-24(2)21-36(29,26-7-5-4-6-8-26)22-25(3)35-20-18-33-16-14-28/h4-12,24-25H,13-22H2,1-3H3/t24-,25-/m0/s1. The molecule has 1 aliphatic heterocycles. The summed E-state index contributed by atoms with van der Waals surface area (Å²) >= 11 is 0. The zero-order valence-electron chi connectivity index (χ0n) is 22.1. The van der Waals surface area contributed by atoms with Gasteiger partial charge in [0.15, 0.2) is 0 Å². The summed E-state index contributed by atoms with van der Waals surface area (Å²) in [5, 5.41) is 0.831. The molecule has 3 rings (SSSR count). The minimum atomic E-state index is -3.68. The van der Waals surface area contributed by atoms with Crippen LogP contribution in [0.25, 0.3) is 0 Å². The van der Waals surface area contributed by atoms with Crippen LogP contribution in [0.15, 0.2) is 59.5 Å². The average molecular weight is 554 g/mol. The number of aryl methyl sites for hydroxylation is 1. The van der Waals surface area contributed by atoms with E-state index in [4.69, 9.17) is 18.9 Å². The van der Waals surface area contributed by atoms with E-state index in [0.717, 1.165) is 10.9 Å². The molecule has 2 aromatic rings. The highest BCUT2D eigenvalue weighted by atomic mass is 32.2. The maximum atomic E-state index is 14.0. The van der Waals surface area contributed by atoms with Crippen LogP contribution in [0.5, 0.6) is 0 Å². The first-order valence-corrected chi connectivity index (χ1v) is 16.3. The maximum Gasteiger partial charge on any atom is 0.243 e. The molecule has 206 valence electrons. The lowest BCUT2D eigenvalue weighted by molar-refractivity contribution is 0.00946. The van der Waals surface area contributed by atoms with Gasteiger partial charge in [0.25, 0.3) is 0 Å². The van der Waals surface area contributed by atoms with E-state index in [1.165, 1.54) is 4.31 Å². The van der Waals surface area contributed by atoms with E-state index in [2.05, 4.69) is 0 Å². The number of hydrogen-bond donors (Lipinski definition) is 0. The van der Waals surface area contributed by atoms with E-state index in [9.17, 15) is 13.0 Å². The van der Waals surface area contributed by atoms with E-state index in [1.54, 1.807) is 24.3 Å². The van der Waals surface area contributed by atoms with Gasteiger partial charge in [0.1, 0.15) is 7.14 Å². The van der Waals surface area contributed by atoms with Crippen molar-refractivity contribution in [1.82, 2.24) is 4.31 Å². The fourth-order valence-electron chi connectivity index (χ4n) is 4.29. The Morgan fingerprint density at radius 2 is 1.27 bits per heavy atom. The Morgan fingerprint density at radius 3 is 1.78 bits per heavy atom. The first-order chi connectivity index (χ1) is 17.7. The maximum absolute atomic E-state index is 14.0. The Hall–Kier alpha value is -1.58. The van der Waals surface area contributed by atoms with Crippen LogP contribution in [0.2, 0.25) is 0 Å². The molecule has 1 heterocycles. The summed E-state index contributed by atoms with van der Waals surface area (Å²) in [4.78, 5) is 0.248. The molecule has 1 saturated heterocycles. The predicted molar refractivity (Wildman–Crippen MR) is 146 cm³/mol. The van der Waals surface area contributed by atoms with Crippen molar-refractivity contribution in [1.29, 1.82) is 0 Å². The molecule has 37 heavy (non-hydrogen) atoms. The van der Waals surface area contributed by atoms with Gasteiger partial charge in [0.05, 0.1) is 56.7 Å². The Bertz CT molecular complexity index is 1070. The summed E-state index contributed by atoms with van der Waals surface area (Å²) in [6.07, 6.45) is 0.345. The van der Waals surface area contributed by atoms with Crippen molar-refractivity contribution in [3.05, 3.63) is 60.2 Å². The zero-order chi connectivity index (χ0) is 26.7. The lowest BCUT2D eigenvalue weighted by Gasteiger charge is -2.26. The molecule has 2 aromatic carbocycles. The summed E-state index contributed by atoms with van der Waals surface area (Å²) < 4.78 is 65.1. The highest BCUT2D eigenvalue weighted by Gasteiger charge is 2.30. The van der Waals surface area contributed by atoms with Gasteiger partial charge in [0.2, 0.25) is 10.0 Å². The number of rotatable bonds is 3. The van der Waals surface area contributed by atoms with Gasteiger partial charge >= 0.3 is 0 Å². The van der Waals surface area contributed by atoms with Crippen LogP contribution in [0.4, 0.5) is 0 Å². The van der Waals surface area contributed by atoms with Crippen LogP contribution < -0.4 is 5.30 Å². The lowest BCUT2D eigenvalue weighted by atomic mass is 10.2. The number of hydrogen-bond acceptors (Lipinski definition) is 7. The Labute approximate surface area is 221 Å². The highest BCUT2D eigenvalue weighted by Crippen LogP contribution is 2.46. The Morgan fingerprint density at radius 1 is 0.757 bits per heavy atom. The molecule has 0 saturated carbocycles. The molecule has 0 amide bonds. The molecule has 2 atom stereocenters. The van der Waals surface area contributed by atoms with Gasteiger partial charge in [-0.05, 0) is 32.9 Å². The highest BCUT2D eigenvalue weighted by molar-refractivity contribution is 7.89. The summed E-state index contributed by atoms with van der Waals surface area (Å²) in [5.74, 6) is 0. The molecule has 0 N–H and O–H groups in total. The minimum Gasteiger partial charge on any atom is -0.378 e. The molecule has 0 bridgehead atoms. The first kappa shape index (κ1) is 30.0. The van der Waals surface area contributed by atoms with Crippen molar-refractivity contribution < 1.29 is 31.9 Å². The lowest BCUT2D eigenvalue weighted by Crippen LogP contribution is -2.37. The monoisotopic (exact) mass is 553 g/mol. The van der Waals surface area contributed by atoms with Crippen LogP contribution in [0.3, 0.4) is 0 Å². The average Bonchev–Trinajstić information content (AvgIpc) is 2.86. The van der Waals surface area contributed by atoms with Gasteiger partial charge in [-0.3, -0.25) is 0 Å². The van der Waals surface area contributed by atoms with E-state index in [1.807, 2.05) is 51.1 Å². The van der Waals surface area contributed by atoms with Crippen molar-refractivity contribution in [3.63, 3.8) is 0 Å². The SMILES string of the molecule is Cc1ccc(S(=O)(=O)N2CCOCCO[C@@H](C)CP(=O)(c3ccccc3)C[C@H](C)OCCOCC2)cc1. The third-order valence-corrected chi connectivity index (χ3v) is 11.6. The number of benzene rings is 2. The van der Waals surface area contributed by atoms with Crippen molar-refractivity contribution in [2.24, 2.45) is 0 Å². The summed E-state index contributed by atoms with van der Waals surface area (Å²) in [5.41, 5.74) is 0.994. The summed E-state index contributed by atoms with van der Waals surface area (Å²) in [6, 6.07) is 16.4. The van der Waals surface area contributed by atoms with Crippen LogP contribution in [-0.4, -0.2) is 90.0 Å². The van der Waals surface area contributed by atoms with Crippen molar-refractivity contribution in [3.8, 4) is 0 Å². The molecule has 1 fully saturated rings.